The van der Waals surface area contributed by atoms with Gasteiger partial charge in [0.1, 0.15) is 30.2 Å². The molecule has 38 heavy (non-hydrogen) atoms. The molecule has 5 heterocycles. The third-order valence-corrected chi connectivity index (χ3v) is 8.12. The minimum atomic E-state index is -0.961. The largest absolute Gasteiger partial charge is 0.461 e. The van der Waals surface area contributed by atoms with Gasteiger partial charge in [0.05, 0.1) is 23.1 Å². The number of piperidine rings is 1. The highest BCUT2D eigenvalue weighted by molar-refractivity contribution is 6.30. The van der Waals surface area contributed by atoms with Crippen LogP contribution in [0.2, 0.25) is 5.15 Å². The van der Waals surface area contributed by atoms with Gasteiger partial charge >= 0.3 is 12.1 Å². The smallest absolute Gasteiger partial charge is 0.404 e. The van der Waals surface area contributed by atoms with Crippen LogP contribution in [-0.2, 0) is 4.74 Å². The fraction of sp³-hybridized carbons (Fsp3) is 0.680. The van der Waals surface area contributed by atoms with Crippen LogP contribution in [0.1, 0.15) is 46.5 Å². The van der Waals surface area contributed by atoms with Gasteiger partial charge in [-0.25, -0.2) is 18.6 Å². The maximum Gasteiger partial charge on any atom is 0.404 e. The summed E-state index contributed by atoms with van der Waals surface area (Å²) in [6.45, 7) is 7.30. The third kappa shape index (κ3) is 4.93. The van der Waals surface area contributed by atoms with Gasteiger partial charge in [0, 0.05) is 32.1 Å². The Morgan fingerprint density at radius 1 is 1.34 bits per heavy atom. The molecular formula is C25H33ClF2N6O4. The van der Waals surface area contributed by atoms with Crippen molar-refractivity contribution in [2.45, 2.75) is 76.4 Å². The average molecular weight is 555 g/mol. The quantitative estimate of drug-likeness (QED) is 0.535. The first-order valence-electron chi connectivity index (χ1n) is 12.8. The molecule has 0 aromatic carbocycles. The van der Waals surface area contributed by atoms with Gasteiger partial charge in [0.25, 0.3) is 0 Å². The Hall–Kier alpha value is -2.57. The molecule has 0 spiro atoms. The van der Waals surface area contributed by atoms with Crippen LogP contribution in [0, 0.1) is 11.2 Å². The van der Waals surface area contributed by atoms with Crippen LogP contribution in [0.4, 0.5) is 19.4 Å². The van der Waals surface area contributed by atoms with Crippen LogP contribution in [0.25, 0.3) is 10.9 Å². The summed E-state index contributed by atoms with van der Waals surface area (Å²) in [5, 5.41) is 10.6. The number of hydrogen-bond acceptors (Lipinski definition) is 9. The number of aliphatic hydroxyl groups is 1. The predicted molar refractivity (Wildman–Crippen MR) is 137 cm³/mol. The SMILES string of the molecule is CC(C)(C)C1[C@@H](OC(N)=O)C[C@H](O)CN1c1nc(OC[C@@]23CCCN2C[C@H](F)C3)nc2c(F)c(Cl)ncc12. The zero-order valence-corrected chi connectivity index (χ0v) is 22.4. The van der Waals surface area contributed by atoms with Gasteiger partial charge in [-0.15, -0.1) is 0 Å². The minimum absolute atomic E-state index is 0.0966. The summed E-state index contributed by atoms with van der Waals surface area (Å²) < 4.78 is 41.0. The second-order valence-corrected chi connectivity index (χ2v) is 12.0. The number of pyridine rings is 1. The van der Waals surface area contributed by atoms with E-state index in [1.165, 1.54) is 6.20 Å². The lowest BCUT2D eigenvalue weighted by Gasteiger charge is -2.49. The molecule has 0 bridgehead atoms. The average Bonchev–Trinajstić information content (AvgIpc) is 3.33. The third-order valence-electron chi connectivity index (χ3n) is 7.86. The van der Waals surface area contributed by atoms with Crippen molar-refractivity contribution in [3.8, 4) is 6.01 Å². The lowest BCUT2D eigenvalue weighted by molar-refractivity contribution is -0.00201. The van der Waals surface area contributed by atoms with E-state index in [9.17, 15) is 14.3 Å². The topological polar surface area (TPSA) is 127 Å². The number of carbonyl (C=O) groups excluding carboxylic acids is 1. The summed E-state index contributed by atoms with van der Waals surface area (Å²) in [6, 6.07) is -0.591. The number of anilines is 1. The Morgan fingerprint density at radius 2 is 2.11 bits per heavy atom. The minimum Gasteiger partial charge on any atom is -0.461 e. The molecule has 13 heteroatoms. The molecule has 3 saturated heterocycles. The molecule has 0 saturated carbocycles. The van der Waals surface area contributed by atoms with Crippen LogP contribution < -0.4 is 15.4 Å². The van der Waals surface area contributed by atoms with Crippen molar-refractivity contribution in [3.05, 3.63) is 17.2 Å². The normalized spacial score (nSPS) is 30.0. The lowest BCUT2D eigenvalue weighted by Crippen LogP contribution is -2.60. The number of rotatable bonds is 5. The molecule has 2 aromatic heterocycles. The van der Waals surface area contributed by atoms with Gasteiger partial charge in [-0.1, -0.05) is 32.4 Å². The number of alkyl halides is 1. The predicted octanol–water partition coefficient (Wildman–Crippen LogP) is 3.22. The summed E-state index contributed by atoms with van der Waals surface area (Å²) >= 11 is 5.99. The summed E-state index contributed by atoms with van der Waals surface area (Å²) in [5.74, 6) is -0.585. The fourth-order valence-electron chi connectivity index (χ4n) is 6.45. The highest BCUT2D eigenvalue weighted by Gasteiger charge is 2.50. The van der Waals surface area contributed by atoms with E-state index < -0.39 is 47.3 Å². The standard InChI is InChI=1S/C25H33ClF2N6O4/c1-24(2,3)19-16(38-22(29)36)7-14(35)11-34(19)21-15-9-30-20(26)17(28)18(15)31-23(32-21)37-12-25-5-4-6-33(25)10-13(27)8-25/h9,13-14,16,19,35H,4-8,10-12H2,1-3H3,(H2,29,36)/t13-,14+,16+,19?,25+/m1/s1. The van der Waals surface area contributed by atoms with Gasteiger partial charge in [-0.3, -0.25) is 4.90 Å². The summed E-state index contributed by atoms with van der Waals surface area (Å²) in [5.41, 5.74) is 4.31. The molecule has 3 N–H and O–H groups in total. The van der Waals surface area contributed by atoms with Gasteiger partial charge in [0.2, 0.25) is 0 Å². The molecule has 3 aliphatic heterocycles. The summed E-state index contributed by atoms with van der Waals surface area (Å²) in [4.78, 5) is 28.5. The number of carbonyl (C=O) groups is 1. The van der Waals surface area contributed by atoms with Crippen LogP contribution in [0.3, 0.4) is 0 Å². The Bertz CT molecular complexity index is 1230. The molecule has 3 aliphatic rings. The van der Waals surface area contributed by atoms with Crippen LogP contribution in [-0.4, -0.2) is 87.3 Å². The number of aromatic nitrogens is 3. The molecule has 5 atom stereocenters. The van der Waals surface area contributed by atoms with Crippen LogP contribution >= 0.6 is 11.6 Å². The molecule has 0 aliphatic carbocycles. The molecule has 5 rings (SSSR count). The van der Waals surface area contributed by atoms with Crippen molar-refractivity contribution in [2.24, 2.45) is 11.1 Å². The summed E-state index contributed by atoms with van der Waals surface area (Å²) in [6.07, 6.45) is 0.0847. The van der Waals surface area contributed by atoms with E-state index in [1.807, 2.05) is 20.8 Å². The first-order chi connectivity index (χ1) is 17.9. The number of ether oxygens (including phenoxy) is 2. The van der Waals surface area contributed by atoms with E-state index in [-0.39, 0.29) is 47.5 Å². The number of aliphatic hydroxyl groups excluding tert-OH is 1. The Labute approximate surface area is 224 Å². The van der Waals surface area contributed by atoms with Crippen molar-refractivity contribution in [2.75, 3.05) is 31.1 Å². The molecular weight excluding hydrogens is 522 g/mol. The van der Waals surface area contributed by atoms with Crippen molar-refractivity contribution in [3.63, 3.8) is 0 Å². The number of nitrogens with two attached hydrogens (primary N) is 1. The van der Waals surface area contributed by atoms with Crippen molar-refractivity contribution in [1.29, 1.82) is 0 Å². The van der Waals surface area contributed by atoms with E-state index in [0.717, 1.165) is 19.4 Å². The molecule has 1 unspecified atom stereocenters. The number of amides is 1. The fourth-order valence-corrected chi connectivity index (χ4v) is 6.59. The molecule has 0 radical (unpaired) electrons. The Kier molecular flexibility index (Phi) is 7.02. The van der Waals surface area contributed by atoms with E-state index in [0.29, 0.717) is 13.0 Å². The van der Waals surface area contributed by atoms with Gasteiger partial charge in [-0.05, 0) is 24.8 Å². The molecule has 3 fully saturated rings. The number of fused-ring (bicyclic) bond motifs is 2. The second-order valence-electron chi connectivity index (χ2n) is 11.6. The first kappa shape index (κ1) is 27.0. The summed E-state index contributed by atoms with van der Waals surface area (Å²) in [7, 11) is 0. The van der Waals surface area contributed by atoms with Gasteiger partial charge < -0.3 is 25.2 Å². The molecule has 10 nitrogen and oxygen atoms in total. The molecule has 208 valence electrons. The monoisotopic (exact) mass is 554 g/mol. The van der Waals surface area contributed by atoms with Crippen molar-refractivity contribution >= 4 is 34.4 Å². The van der Waals surface area contributed by atoms with Gasteiger partial charge in [0.15, 0.2) is 11.0 Å². The Morgan fingerprint density at radius 3 is 2.82 bits per heavy atom. The maximum absolute atomic E-state index is 15.2. The van der Waals surface area contributed by atoms with E-state index in [2.05, 4.69) is 19.9 Å². The Balaban J connectivity index is 1.58. The van der Waals surface area contributed by atoms with Crippen LogP contribution in [0.5, 0.6) is 6.01 Å². The van der Waals surface area contributed by atoms with E-state index >= 15 is 4.39 Å². The van der Waals surface area contributed by atoms with Gasteiger partial charge in [-0.2, -0.15) is 9.97 Å². The second kappa shape index (κ2) is 9.87. The highest BCUT2D eigenvalue weighted by atomic mass is 35.5. The number of β-amino-alcohol motifs (C(OH)–C–C–N with tert-alkyl or cyclic N) is 1. The van der Waals surface area contributed by atoms with Crippen molar-refractivity contribution < 1.29 is 28.2 Å². The number of hydrogen-bond donors (Lipinski definition) is 2. The maximum atomic E-state index is 15.2. The number of nitrogens with zero attached hydrogens (tertiary/aromatic N) is 5. The zero-order chi connectivity index (χ0) is 27.4. The number of halogens is 3. The van der Waals surface area contributed by atoms with E-state index in [1.54, 1.807) is 4.90 Å². The lowest BCUT2D eigenvalue weighted by atomic mass is 9.78. The van der Waals surface area contributed by atoms with E-state index in [4.69, 9.17) is 26.8 Å². The number of primary amides is 1. The van der Waals surface area contributed by atoms with Crippen LogP contribution in [0.15, 0.2) is 6.20 Å². The van der Waals surface area contributed by atoms with Crippen molar-refractivity contribution in [1.82, 2.24) is 19.9 Å². The zero-order valence-electron chi connectivity index (χ0n) is 21.7. The molecule has 1 amide bonds. The first-order valence-corrected chi connectivity index (χ1v) is 13.2. The molecule has 2 aromatic rings. The highest BCUT2D eigenvalue weighted by Crippen LogP contribution is 2.42.